The normalized spacial score (nSPS) is 31.9. The molecule has 0 aromatic carbocycles. The number of ether oxygens (including phenoxy) is 1. The molecule has 2 saturated heterocycles. The van der Waals surface area contributed by atoms with Crippen LogP contribution in [0.25, 0.3) is 0 Å². The van der Waals surface area contributed by atoms with E-state index in [4.69, 9.17) is 10.5 Å². The van der Waals surface area contributed by atoms with Crippen molar-refractivity contribution >= 4 is 5.91 Å². The van der Waals surface area contributed by atoms with Crippen LogP contribution < -0.4 is 11.1 Å². The Labute approximate surface area is 115 Å². The second-order valence-electron chi connectivity index (χ2n) is 6.12. The zero-order chi connectivity index (χ0) is 13.9. The van der Waals surface area contributed by atoms with Crippen LogP contribution in [0.5, 0.6) is 0 Å². The van der Waals surface area contributed by atoms with Gasteiger partial charge < -0.3 is 20.7 Å². The number of nitrogens with zero attached hydrogens (tertiary/aromatic N) is 1. The van der Waals surface area contributed by atoms with E-state index < -0.39 is 5.41 Å². The van der Waals surface area contributed by atoms with E-state index in [1.807, 2.05) is 0 Å². The van der Waals surface area contributed by atoms with Crippen LogP contribution in [0.3, 0.4) is 0 Å². The standard InChI is InChI=1S/C14H27N3O2/c1-11-9-12(3-6-17(11)2)16-13(18)14(10-15)4-7-19-8-5-14/h11-12H,3-10,15H2,1-2H3,(H,16,18). The van der Waals surface area contributed by atoms with Gasteiger partial charge in [-0.1, -0.05) is 0 Å². The minimum atomic E-state index is -0.398. The van der Waals surface area contributed by atoms with Crippen molar-refractivity contribution in [2.45, 2.75) is 44.7 Å². The summed E-state index contributed by atoms with van der Waals surface area (Å²) in [5.41, 5.74) is 5.47. The van der Waals surface area contributed by atoms with Gasteiger partial charge in [0.05, 0.1) is 5.41 Å². The topological polar surface area (TPSA) is 67.6 Å². The molecule has 5 heteroatoms. The maximum absolute atomic E-state index is 12.5. The predicted octanol–water partition coefficient (Wildman–Crippen LogP) is 0.341. The van der Waals surface area contributed by atoms with Crippen LogP contribution >= 0.6 is 0 Å². The molecule has 2 atom stereocenters. The van der Waals surface area contributed by atoms with Gasteiger partial charge in [0.25, 0.3) is 0 Å². The molecule has 0 aromatic rings. The Bertz CT molecular complexity index is 316. The number of likely N-dealkylation sites (tertiary alicyclic amines) is 1. The van der Waals surface area contributed by atoms with Crippen LogP contribution in [0.15, 0.2) is 0 Å². The van der Waals surface area contributed by atoms with Crippen molar-refractivity contribution in [2.24, 2.45) is 11.1 Å². The number of nitrogens with one attached hydrogen (secondary N) is 1. The van der Waals surface area contributed by atoms with Gasteiger partial charge >= 0.3 is 0 Å². The summed E-state index contributed by atoms with van der Waals surface area (Å²) < 4.78 is 5.36. The number of amides is 1. The molecule has 2 unspecified atom stereocenters. The largest absolute Gasteiger partial charge is 0.381 e. The summed E-state index contributed by atoms with van der Waals surface area (Å²) in [6.45, 7) is 4.98. The fourth-order valence-corrected chi connectivity index (χ4v) is 3.05. The first kappa shape index (κ1) is 14.8. The number of rotatable bonds is 3. The molecule has 0 aromatic heterocycles. The quantitative estimate of drug-likeness (QED) is 0.775. The number of piperidine rings is 1. The molecule has 2 rings (SSSR count). The Hall–Kier alpha value is -0.650. The van der Waals surface area contributed by atoms with Crippen LogP contribution in [0, 0.1) is 5.41 Å². The first-order valence-electron chi connectivity index (χ1n) is 7.36. The maximum Gasteiger partial charge on any atom is 0.227 e. The smallest absolute Gasteiger partial charge is 0.227 e. The van der Waals surface area contributed by atoms with E-state index in [-0.39, 0.29) is 5.91 Å². The van der Waals surface area contributed by atoms with Crippen LogP contribution in [-0.2, 0) is 9.53 Å². The van der Waals surface area contributed by atoms with E-state index in [0.29, 0.717) is 31.8 Å². The molecule has 1 amide bonds. The van der Waals surface area contributed by atoms with Crippen molar-refractivity contribution < 1.29 is 9.53 Å². The number of hydrogen-bond donors (Lipinski definition) is 2. The van der Waals surface area contributed by atoms with Crippen LogP contribution in [0.4, 0.5) is 0 Å². The molecule has 0 bridgehead atoms. The Morgan fingerprint density at radius 2 is 2.16 bits per heavy atom. The maximum atomic E-state index is 12.5. The summed E-state index contributed by atoms with van der Waals surface area (Å²) >= 11 is 0. The second-order valence-corrected chi connectivity index (χ2v) is 6.12. The number of carbonyl (C=O) groups excluding carboxylic acids is 1. The highest BCUT2D eigenvalue weighted by molar-refractivity contribution is 5.83. The molecule has 0 aliphatic carbocycles. The number of nitrogens with two attached hydrogens (primary N) is 1. The van der Waals surface area contributed by atoms with E-state index in [9.17, 15) is 4.79 Å². The van der Waals surface area contributed by atoms with Gasteiger partial charge in [0, 0.05) is 38.4 Å². The third kappa shape index (κ3) is 3.27. The lowest BCUT2D eigenvalue weighted by atomic mass is 9.79. The average Bonchev–Trinajstić information content (AvgIpc) is 2.43. The third-order valence-corrected chi connectivity index (χ3v) is 4.87. The fraction of sp³-hybridized carbons (Fsp3) is 0.929. The first-order valence-corrected chi connectivity index (χ1v) is 7.36. The summed E-state index contributed by atoms with van der Waals surface area (Å²) in [5.74, 6) is 0.139. The Morgan fingerprint density at radius 1 is 1.47 bits per heavy atom. The summed E-state index contributed by atoms with van der Waals surface area (Å²) in [5, 5.41) is 3.23. The van der Waals surface area contributed by atoms with E-state index in [1.165, 1.54) is 0 Å². The van der Waals surface area contributed by atoms with E-state index in [2.05, 4.69) is 24.2 Å². The minimum Gasteiger partial charge on any atom is -0.381 e. The molecular weight excluding hydrogens is 242 g/mol. The molecule has 0 radical (unpaired) electrons. The lowest BCUT2D eigenvalue weighted by Crippen LogP contribution is -2.54. The van der Waals surface area contributed by atoms with Gasteiger partial charge in [-0.15, -0.1) is 0 Å². The summed E-state index contributed by atoms with van der Waals surface area (Å²) in [6, 6.07) is 0.826. The number of hydrogen-bond acceptors (Lipinski definition) is 4. The van der Waals surface area contributed by atoms with Crippen molar-refractivity contribution in [3.05, 3.63) is 0 Å². The van der Waals surface area contributed by atoms with E-state index in [1.54, 1.807) is 0 Å². The summed E-state index contributed by atoms with van der Waals surface area (Å²) in [6.07, 6.45) is 3.55. The SMILES string of the molecule is CC1CC(NC(=O)C2(CN)CCOCC2)CCN1C. The van der Waals surface area contributed by atoms with Crippen LogP contribution in [0.2, 0.25) is 0 Å². The molecule has 2 fully saturated rings. The predicted molar refractivity (Wildman–Crippen MR) is 74.8 cm³/mol. The fourth-order valence-electron chi connectivity index (χ4n) is 3.05. The zero-order valence-corrected chi connectivity index (χ0v) is 12.2. The monoisotopic (exact) mass is 269 g/mol. The highest BCUT2D eigenvalue weighted by atomic mass is 16.5. The highest BCUT2D eigenvalue weighted by Crippen LogP contribution is 2.30. The van der Waals surface area contributed by atoms with Crippen LogP contribution in [-0.4, -0.2) is 56.2 Å². The Kier molecular flexibility index (Phi) is 4.81. The molecule has 2 heterocycles. The minimum absolute atomic E-state index is 0.139. The van der Waals surface area contributed by atoms with Crippen molar-refractivity contribution in [3.63, 3.8) is 0 Å². The van der Waals surface area contributed by atoms with Gasteiger partial charge in [-0.2, -0.15) is 0 Å². The summed E-state index contributed by atoms with van der Waals surface area (Å²) in [7, 11) is 2.14. The molecule has 19 heavy (non-hydrogen) atoms. The molecule has 0 spiro atoms. The van der Waals surface area contributed by atoms with Gasteiger partial charge in [0.15, 0.2) is 0 Å². The zero-order valence-electron chi connectivity index (χ0n) is 12.2. The van der Waals surface area contributed by atoms with E-state index in [0.717, 1.165) is 32.2 Å². The van der Waals surface area contributed by atoms with Crippen molar-refractivity contribution in [1.82, 2.24) is 10.2 Å². The average molecular weight is 269 g/mol. The number of carbonyl (C=O) groups is 1. The Balaban J connectivity index is 1.92. The lowest BCUT2D eigenvalue weighted by molar-refractivity contribution is -0.137. The first-order chi connectivity index (χ1) is 9.07. The second kappa shape index (κ2) is 6.20. The summed E-state index contributed by atoms with van der Waals surface area (Å²) in [4.78, 5) is 14.9. The van der Waals surface area contributed by atoms with Gasteiger partial charge in [-0.3, -0.25) is 4.79 Å². The van der Waals surface area contributed by atoms with Gasteiger partial charge in [-0.25, -0.2) is 0 Å². The lowest BCUT2D eigenvalue weighted by Gasteiger charge is -2.39. The molecule has 0 saturated carbocycles. The van der Waals surface area contributed by atoms with Gasteiger partial charge in [0.1, 0.15) is 0 Å². The highest BCUT2D eigenvalue weighted by Gasteiger charge is 2.40. The van der Waals surface area contributed by atoms with Crippen molar-refractivity contribution in [1.29, 1.82) is 0 Å². The third-order valence-electron chi connectivity index (χ3n) is 4.87. The van der Waals surface area contributed by atoms with E-state index >= 15 is 0 Å². The molecule has 2 aliphatic heterocycles. The molecule has 5 nitrogen and oxygen atoms in total. The molecular formula is C14H27N3O2. The molecule has 2 aliphatic rings. The van der Waals surface area contributed by atoms with Gasteiger partial charge in [-0.05, 0) is 39.7 Å². The molecule has 110 valence electrons. The van der Waals surface area contributed by atoms with Crippen LogP contribution in [0.1, 0.15) is 32.6 Å². The van der Waals surface area contributed by atoms with Gasteiger partial charge in [0.2, 0.25) is 5.91 Å². The van der Waals surface area contributed by atoms with Crippen molar-refractivity contribution in [2.75, 3.05) is 33.4 Å². The van der Waals surface area contributed by atoms with Crippen molar-refractivity contribution in [3.8, 4) is 0 Å². The Morgan fingerprint density at radius 3 is 2.74 bits per heavy atom. The molecule has 3 N–H and O–H groups in total.